The number of likely N-dealkylation sites (tertiary alicyclic amines) is 1. The van der Waals surface area contributed by atoms with Crippen LogP contribution in [0.15, 0.2) is 35.1 Å². The highest BCUT2D eigenvalue weighted by Gasteiger charge is 2.26. The lowest BCUT2D eigenvalue weighted by Crippen LogP contribution is -2.45. The van der Waals surface area contributed by atoms with E-state index in [4.69, 9.17) is 4.42 Å². The fraction of sp³-hybridized carbons (Fsp3) is 0.438. The van der Waals surface area contributed by atoms with E-state index in [-0.39, 0.29) is 5.91 Å². The fourth-order valence-electron chi connectivity index (χ4n) is 2.79. The van der Waals surface area contributed by atoms with Crippen LogP contribution in [0.4, 0.5) is 5.82 Å². The number of piperidine rings is 1. The predicted octanol–water partition coefficient (Wildman–Crippen LogP) is 2.12. The van der Waals surface area contributed by atoms with Gasteiger partial charge in [-0.3, -0.25) is 4.79 Å². The Hall–Kier alpha value is -2.37. The van der Waals surface area contributed by atoms with Crippen LogP contribution in [-0.2, 0) is 0 Å². The first-order valence-electron chi connectivity index (χ1n) is 7.50. The Bertz CT molecular complexity index is 616. The Balaban J connectivity index is 1.59. The molecule has 6 heteroatoms. The van der Waals surface area contributed by atoms with E-state index >= 15 is 0 Å². The van der Waals surface area contributed by atoms with Crippen molar-refractivity contribution in [2.24, 2.45) is 0 Å². The van der Waals surface area contributed by atoms with Crippen molar-refractivity contribution in [3.05, 3.63) is 42.0 Å². The standard InChI is InChI=1S/C16H20N4O2/c1-12-3-4-15(18-17-12)19(2)14-5-8-20(9-6-14)16(21)13-7-10-22-11-13/h3-4,7,10-11,14H,5-6,8-9H2,1-2H3. The molecular formula is C16H20N4O2. The third-order valence-electron chi connectivity index (χ3n) is 4.21. The summed E-state index contributed by atoms with van der Waals surface area (Å²) >= 11 is 0. The molecule has 0 aliphatic carbocycles. The van der Waals surface area contributed by atoms with Crippen molar-refractivity contribution in [3.63, 3.8) is 0 Å². The molecule has 0 saturated carbocycles. The van der Waals surface area contributed by atoms with Crippen molar-refractivity contribution >= 4 is 11.7 Å². The Morgan fingerprint density at radius 3 is 2.64 bits per heavy atom. The van der Waals surface area contributed by atoms with Crippen LogP contribution in [0, 0.1) is 6.92 Å². The first kappa shape index (κ1) is 14.6. The summed E-state index contributed by atoms with van der Waals surface area (Å²) in [7, 11) is 2.04. The molecule has 0 N–H and O–H groups in total. The number of hydrogen-bond donors (Lipinski definition) is 0. The zero-order valence-corrected chi connectivity index (χ0v) is 12.9. The zero-order chi connectivity index (χ0) is 15.5. The third-order valence-corrected chi connectivity index (χ3v) is 4.21. The zero-order valence-electron chi connectivity index (χ0n) is 12.9. The van der Waals surface area contributed by atoms with Crippen molar-refractivity contribution in [2.75, 3.05) is 25.0 Å². The van der Waals surface area contributed by atoms with Crippen LogP contribution in [0.25, 0.3) is 0 Å². The van der Waals surface area contributed by atoms with Crippen molar-refractivity contribution in [1.29, 1.82) is 0 Å². The Kier molecular flexibility index (Phi) is 4.09. The highest BCUT2D eigenvalue weighted by atomic mass is 16.3. The van der Waals surface area contributed by atoms with E-state index in [0.717, 1.165) is 37.4 Å². The Labute approximate surface area is 129 Å². The molecule has 0 unspecified atom stereocenters. The van der Waals surface area contributed by atoms with Crippen LogP contribution >= 0.6 is 0 Å². The van der Waals surface area contributed by atoms with Crippen LogP contribution in [0.2, 0.25) is 0 Å². The molecule has 2 aromatic rings. The predicted molar refractivity (Wildman–Crippen MR) is 82.8 cm³/mol. The molecule has 0 bridgehead atoms. The van der Waals surface area contributed by atoms with Crippen LogP contribution in [0.5, 0.6) is 0 Å². The maximum absolute atomic E-state index is 12.3. The monoisotopic (exact) mass is 300 g/mol. The molecule has 0 radical (unpaired) electrons. The minimum atomic E-state index is 0.0463. The van der Waals surface area contributed by atoms with Crippen LogP contribution in [0.3, 0.4) is 0 Å². The number of carbonyl (C=O) groups excluding carboxylic acids is 1. The lowest BCUT2D eigenvalue weighted by molar-refractivity contribution is 0.0712. The van der Waals surface area contributed by atoms with Crippen molar-refractivity contribution in [2.45, 2.75) is 25.8 Å². The van der Waals surface area contributed by atoms with E-state index in [0.29, 0.717) is 11.6 Å². The molecule has 0 spiro atoms. The van der Waals surface area contributed by atoms with E-state index in [1.54, 1.807) is 6.07 Å². The van der Waals surface area contributed by atoms with Crippen molar-refractivity contribution in [1.82, 2.24) is 15.1 Å². The van der Waals surface area contributed by atoms with Crippen LogP contribution < -0.4 is 4.90 Å². The van der Waals surface area contributed by atoms with Gasteiger partial charge in [0.2, 0.25) is 0 Å². The van der Waals surface area contributed by atoms with Gasteiger partial charge in [0.15, 0.2) is 5.82 Å². The first-order valence-corrected chi connectivity index (χ1v) is 7.50. The lowest BCUT2D eigenvalue weighted by atomic mass is 10.0. The number of aryl methyl sites for hydroxylation is 1. The molecule has 1 aliphatic rings. The maximum Gasteiger partial charge on any atom is 0.257 e. The summed E-state index contributed by atoms with van der Waals surface area (Å²) in [5.74, 6) is 0.926. The molecule has 3 rings (SSSR count). The number of nitrogens with zero attached hydrogens (tertiary/aromatic N) is 4. The van der Waals surface area contributed by atoms with Gasteiger partial charge in [-0.05, 0) is 38.0 Å². The Morgan fingerprint density at radius 1 is 1.27 bits per heavy atom. The number of anilines is 1. The summed E-state index contributed by atoms with van der Waals surface area (Å²) in [4.78, 5) is 16.3. The second-order valence-corrected chi connectivity index (χ2v) is 5.68. The van der Waals surface area contributed by atoms with E-state index in [2.05, 4.69) is 15.1 Å². The quantitative estimate of drug-likeness (QED) is 0.869. The SMILES string of the molecule is Cc1ccc(N(C)C2CCN(C(=O)c3ccoc3)CC2)nn1. The van der Waals surface area contributed by atoms with E-state index in [1.807, 2.05) is 31.0 Å². The minimum Gasteiger partial charge on any atom is -0.472 e. The van der Waals surface area contributed by atoms with Crippen molar-refractivity contribution < 1.29 is 9.21 Å². The van der Waals surface area contributed by atoms with E-state index in [9.17, 15) is 4.79 Å². The summed E-state index contributed by atoms with van der Waals surface area (Å²) in [6.07, 6.45) is 4.89. The molecule has 1 fully saturated rings. The average Bonchev–Trinajstić information content (AvgIpc) is 3.09. The largest absolute Gasteiger partial charge is 0.472 e. The van der Waals surface area contributed by atoms with Gasteiger partial charge < -0.3 is 14.2 Å². The molecule has 0 aromatic carbocycles. The van der Waals surface area contributed by atoms with Gasteiger partial charge in [-0.2, -0.15) is 5.10 Å². The minimum absolute atomic E-state index is 0.0463. The normalized spacial score (nSPS) is 15.8. The van der Waals surface area contributed by atoms with Gasteiger partial charge in [0.05, 0.1) is 17.5 Å². The smallest absolute Gasteiger partial charge is 0.257 e. The molecule has 0 atom stereocenters. The van der Waals surface area contributed by atoms with Crippen molar-refractivity contribution in [3.8, 4) is 0 Å². The second kappa shape index (κ2) is 6.17. The van der Waals surface area contributed by atoms with Gasteiger partial charge in [-0.15, -0.1) is 5.10 Å². The fourth-order valence-corrected chi connectivity index (χ4v) is 2.79. The molecule has 6 nitrogen and oxygen atoms in total. The molecule has 1 aliphatic heterocycles. The van der Waals surface area contributed by atoms with Gasteiger partial charge in [0.25, 0.3) is 5.91 Å². The van der Waals surface area contributed by atoms with Gasteiger partial charge >= 0.3 is 0 Å². The number of furan rings is 1. The molecule has 116 valence electrons. The number of aromatic nitrogens is 2. The number of hydrogen-bond acceptors (Lipinski definition) is 5. The topological polar surface area (TPSA) is 62.5 Å². The van der Waals surface area contributed by atoms with Gasteiger partial charge in [0, 0.05) is 26.2 Å². The number of rotatable bonds is 3. The number of amides is 1. The summed E-state index contributed by atoms with van der Waals surface area (Å²) < 4.78 is 4.98. The highest BCUT2D eigenvalue weighted by molar-refractivity contribution is 5.93. The Morgan fingerprint density at radius 2 is 2.05 bits per heavy atom. The molecule has 1 amide bonds. The van der Waals surface area contributed by atoms with Gasteiger partial charge in [-0.25, -0.2) is 0 Å². The maximum atomic E-state index is 12.3. The third kappa shape index (κ3) is 2.95. The molecular weight excluding hydrogens is 280 g/mol. The van der Waals surface area contributed by atoms with Crippen LogP contribution in [-0.4, -0.2) is 47.2 Å². The summed E-state index contributed by atoms with van der Waals surface area (Å²) in [5.41, 5.74) is 1.54. The summed E-state index contributed by atoms with van der Waals surface area (Å²) in [6, 6.07) is 6.05. The average molecular weight is 300 g/mol. The number of carbonyl (C=O) groups is 1. The van der Waals surface area contributed by atoms with E-state index < -0.39 is 0 Å². The van der Waals surface area contributed by atoms with E-state index in [1.165, 1.54) is 12.5 Å². The van der Waals surface area contributed by atoms with Crippen LogP contribution in [0.1, 0.15) is 28.9 Å². The highest BCUT2D eigenvalue weighted by Crippen LogP contribution is 2.21. The lowest BCUT2D eigenvalue weighted by Gasteiger charge is -2.37. The molecule has 22 heavy (non-hydrogen) atoms. The molecule has 3 heterocycles. The van der Waals surface area contributed by atoms with Gasteiger partial charge in [0.1, 0.15) is 6.26 Å². The molecule has 2 aromatic heterocycles. The second-order valence-electron chi connectivity index (χ2n) is 5.68. The summed E-state index contributed by atoms with van der Waals surface area (Å²) in [6.45, 7) is 3.42. The molecule has 1 saturated heterocycles. The first-order chi connectivity index (χ1) is 10.6. The van der Waals surface area contributed by atoms with Gasteiger partial charge in [-0.1, -0.05) is 0 Å². The summed E-state index contributed by atoms with van der Waals surface area (Å²) in [5, 5.41) is 8.34.